The Bertz CT molecular complexity index is 1060. The zero-order chi connectivity index (χ0) is 24.6. The summed E-state index contributed by atoms with van der Waals surface area (Å²) < 4.78 is 12.1. The van der Waals surface area contributed by atoms with Gasteiger partial charge in [0, 0.05) is 30.4 Å². The van der Waals surface area contributed by atoms with Crippen molar-refractivity contribution < 1.29 is 29.0 Å². The number of rotatable bonds is 5. The number of aliphatic hydroxyl groups excluding tert-OH is 1. The Hall–Kier alpha value is -2.68. The van der Waals surface area contributed by atoms with Crippen molar-refractivity contribution in [3.63, 3.8) is 0 Å². The Morgan fingerprint density at radius 2 is 1.89 bits per heavy atom. The van der Waals surface area contributed by atoms with E-state index >= 15 is 0 Å². The largest absolute Gasteiger partial charge is 0.465 e. The first-order chi connectivity index (χ1) is 17.0. The summed E-state index contributed by atoms with van der Waals surface area (Å²) in [5.41, 5.74) is -0.626. The minimum Gasteiger partial charge on any atom is -0.465 e. The van der Waals surface area contributed by atoms with E-state index in [-0.39, 0.29) is 31.6 Å². The molecule has 0 saturated carbocycles. The second-order valence-electron chi connectivity index (χ2n) is 9.37. The second-order valence-corrected chi connectivity index (χ2v) is 9.81. The van der Waals surface area contributed by atoms with Crippen LogP contribution < -0.4 is 4.90 Å². The third kappa shape index (κ3) is 4.07. The molecule has 2 fully saturated rings. The van der Waals surface area contributed by atoms with Crippen LogP contribution in [0.4, 0.5) is 5.69 Å². The molecule has 8 nitrogen and oxygen atoms in total. The molecule has 5 rings (SSSR count). The Morgan fingerprint density at radius 3 is 2.66 bits per heavy atom. The van der Waals surface area contributed by atoms with Crippen LogP contribution in [-0.2, 0) is 23.9 Å². The topological polar surface area (TPSA) is 96.4 Å². The van der Waals surface area contributed by atoms with E-state index in [4.69, 9.17) is 21.1 Å². The van der Waals surface area contributed by atoms with E-state index in [1.165, 1.54) is 0 Å². The molecule has 2 amide bonds. The number of fused-ring (bicyclic) bond motifs is 2. The van der Waals surface area contributed by atoms with Gasteiger partial charge in [0.05, 0.1) is 18.6 Å². The van der Waals surface area contributed by atoms with Gasteiger partial charge in [-0.05, 0) is 49.9 Å². The van der Waals surface area contributed by atoms with Crippen molar-refractivity contribution in [2.75, 3.05) is 31.2 Å². The third-order valence-corrected chi connectivity index (χ3v) is 7.55. The highest BCUT2D eigenvalue weighted by Crippen LogP contribution is 2.53. The van der Waals surface area contributed by atoms with Gasteiger partial charge < -0.3 is 24.4 Å². The Kier molecular flexibility index (Phi) is 6.70. The zero-order valence-corrected chi connectivity index (χ0v) is 20.1. The van der Waals surface area contributed by atoms with E-state index in [1.807, 2.05) is 18.2 Å². The molecule has 9 heteroatoms. The normalized spacial score (nSPS) is 33.3. The molecule has 0 aliphatic carbocycles. The number of allylic oxidation sites excluding steroid dienone is 1. The number of aliphatic hydroxyl groups is 1. The lowest BCUT2D eigenvalue weighted by Crippen LogP contribution is -2.55. The highest BCUT2D eigenvalue weighted by Gasteiger charge is 2.71. The van der Waals surface area contributed by atoms with E-state index in [0.29, 0.717) is 36.5 Å². The van der Waals surface area contributed by atoms with Gasteiger partial charge in [0.2, 0.25) is 5.91 Å². The van der Waals surface area contributed by atoms with Crippen LogP contribution in [0, 0.1) is 11.8 Å². The van der Waals surface area contributed by atoms with Crippen LogP contribution in [0.3, 0.4) is 0 Å². The van der Waals surface area contributed by atoms with Crippen molar-refractivity contribution in [3.8, 4) is 0 Å². The molecule has 1 aromatic carbocycles. The fraction of sp³-hybridized carbons (Fsp3) is 0.500. The van der Waals surface area contributed by atoms with Gasteiger partial charge >= 0.3 is 5.97 Å². The van der Waals surface area contributed by atoms with Crippen molar-refractivity contribution in [3.05, 3.63) is 53.6 Å². The minimum atomic E-state index is -1.29. The summed E-state index contributed by atoms with van der Waals surface area (Å²) in [6, 6.07) is 6.03. The first kappa shape index (κ1) is 24.0. The average Bonchev–Trinajstić information content (AvgIpc) is 3.25. The van der Waals surface area contributed by atoms with Crippen LogP contribution in [0.15, 0.2) is 48.6 Å². The first-order valence-electron chi connectivity index (χ1n) is 12.1. The molecule has 1 unspecified atom stereocenters. The number of likely N-dealkylation sites (tertiary alicyclic amines) is 1. The van der Waals surface area contributed by atoms with E-state index in [9.17, 15) is 19.5 Å². The van der Waals surface area contributed by atoms with Crippen molar-refractivity contribution in [2.45, 2.75) is 43.4 Å². The van der Waals surface area contributed by atoms with Crippen LogP contribution in [0.5, 0.6) is 0 Å². The zero-order valence-electron chi connectivity index (χ0n) is 19.3. The summed E-state index contributed by atoms with van der Waals surface area (Å²) in [5, 5.41) is 9.84. The summed E-state index contributed by atoms with van der Waals surface area (Å²) in [7, 11) is 0. The highest BCUT2D eigenvalue weighted by atomic mass is 35.5. The molecule has 4 aliphatic heterocycles. The van der Waals surface area contributed by atoms with Gasteiger partial charge in [0.25, 0.3) is 5.91 Å². The Balaban J connectivity index is 1.58. The lowest BCUT2D eigenvalue weighted by atomic mass is 9.78. The number of benzene rings is 1. The van der Waals surface area contributed by atoms with Gasteiger partial charge in [-0.25, -0.2) is 0 Å². The lowest BCUT2D eigenvalue weighted by Gasteiger charge is -2.35. The molecule has 1 N–H and O–H groups in total. The summed E-state index contributed by atoms with van der Waals surface area (Å²) in [4.78, 5) is 44.3. The highest BCUT2D eigenvalue weighted by molar-refractivity contribution is 6.30. The minimum absolute atomic E-state index is 0.00959. The molecule has 0 radical (unpaired) electrons. The molecule has 5 atom stereocenters. The number of hydrogen-bond acceptors (Lipinski definition) is 6. The van der Waals surface area contributed by atoms with Crippen molar-refractivity contribution in [2.24, 2.45) is 11.8 Å². The number of amides is 2. The number of carbonyl (C=O) groups excluding carboxylic acids is 3. The second kappa shape index (κ2) is 9.76. The first-order valence-corrected chi connectivity index (χ1v) is 12.5. The lowest BCUT2D eigenvalue weighted by molar-refractivity contribution is -0.154. The predicted octanol–water partition coefficient (Wildman–Crippen LogP) is 2.49. The van der Waals surface area contributed by atoms with Crippen LogP contribution in [-0.4, -0.2) is 71.8 Å². The van der Waals surface area contributed by atoms with E-state index in [2.05, 4.69) is 0 Å². The quantitative estimate of drug-likeness (QED) is 0.379. The van der Waals surface area contributed by atoms with Crippen LogP contribution >= 0.6 is 11.6 Å². The number of halogens is 1. The Morgan fingerprint density at radius 1 is 1.09 bits per heavy atom. The van der Waals surface area contributed by atoms with E-state index in [0.717, 1.165) is 6.42 Å². The molecule has 35 heavy (non-hydrogen) atoms. The monoisotopic (exact) mass is 500 g/mol. The molecule has 2 saturated heterocycles. The summed E-state index contributed by atoms with van der Waals surface area (Å²) in [6.07, 6.45) is 9.25. The maximum atomic E-state index is 14.1. The molecule has 4 aliphatic rings. The van der Waals surface area contributed by atoms with Crippen LogP contribution in [0.2, 0.25) is 5.02 Å². The van der Waals surface area contributed by atoms with Gasteiger partial charge in [0.15, 0.2) is 0 Å². The predicted molar refractivity (Wildman–Crippen MR) is 129 cm³/mol. The maximum Gasteiger partial charge on any atom is 0.312 e. The van der Waals surface area contributed by atoms with Crippen LogP contribution in [0.1, 0.15) is 25.7 Å². The SMILES string of the molecule is O=C1OCCC/C=C\[C@@H]2O[C@]34C=CCN(c5ccc(Cl)cc5)C(=O)C3N(CCCCO)C(=O)[C@@H]4[C@H]12. The van der Waals surface area contributed by atoms with Gasteiger partial charge in [-0.1, -0.05) is 35.9 Å². The number of nitrogens with zero attached hydrogens (tertiary/aromatic N) is 2. The molecule has 0 bridgehead atoms. The summed E-state index contributed by atoms with van der Waals surface area (Å²) in [5.74, 6) is -2.73. The number of unbranched alkanes of at least 4 members (excludes halogenated alkanes) is 1. The number of anilines is 1. The fourth-order valence-electron chi connectivity index (χ4n) is 5.74. The average molecular weight is 501 g/mol. The van der Waals surface area contributed by atoms with Crippen molar-refractivity contribution >= 4 is 35.1 Å². The third-order valence-electron chi connectivity index (χ3n) is 7.30. The fourth-order valence-corrected chi connectivity index (χ4v) is 5.87. The number of carbonyl (C=O) groups is 3. The smallest absolute Gasteiger partial charge is 0.312 e. The molecular formula is C26H29ClN2O6. The molecular weight excluding hydrogens is 472 g/mol. The van der Waals surface area contributed by atoms with Gasteiger partial charge in [-0.2, -0.15) is 0 Å². The number of esters is 1. The van der Waals surface area contributed by atoms with Crippen LogP contribution in [0.25, 0.3) is 0 Å². The molecule has 4 heterocycles. The molecule has 0 aromatic heterocycles. The van der Waals surface area contributed by atoms with Gasteiger partial charge in [0.1, 0.15) is 17.6 Å². The maximum absolute atomic E-state index is 14.1. The number of ether oxygens (including phenoxy) is 2. The molecule has 1 spiro atoms. The standard InChI is InChI=1S/C26H29ClN2O6/c27-17-8-10-18(11-9-17)28-14-6-12-26-21(20-19(35-26)7-2-1-5-16-34-25(20)33)23(31)29(13-3-4-15-30)22(26)24(28)32/h2,6-12,19-22,30H,1,3-5,13-16H2/b7-2-/t19-,20+,21-,22?,26-/m0/s1. The van der Waals surface area contributed by atoms with Crippen molar-refractivity contribution in [1.82, 2.24) is 4.90 Å². The Labute approximate surface area is 209 Å². The molecule has 1 aromatic rings. The van der Waals surface area contributed by atoms with Gasteiger partial charge in [-0.15, -0.1) is 0 Å². The van der Waals surface area contributed by atoms with E-state index < -0.39 is 35.6 Å². The molecule has 186 valence electrons. The van der Waals surface area contributed by atoms with Crippen molar-refractivity contribution in [1.29, 1.82) is 0 Å². The van der Waals surface area contributed by atoms with E-state index in [1.54, 1.807) is 40.1 Å². The summed E-state index contributed by atoms with van der Waals surface area (Å²) >= 11 is 6.05. The summed E-state index contributed by atoms with van der Waals surface area (Å²) in [6.45, 7) is 0.846. The number of cyclic esters (lactones) is 1. The van der Waals surface area contributed by atoms with Gasteiger partial charge in [-0.3, -0.25) is 14.4 Å². The number of hydrogen-bond donors (Lipinski definition) is 1.